The number of nitrogens with two attached hydrogens (primary N) is 1. The van der Waals surface area contributed by atoms with Crippen LogP contribution in [0.15, 0.2) is 0 Å². The van der Waals surface area contributed by atoms with Gasteiger partial charge in [0.1, 0.15) is 0 Å². The third-order valence-corrected chi connectivity index (χ3v) is 2.33. The molecule has 0 rings (SSSR count). The molecule has 0 amide bonds. The quantitative estimate of drug-likeness (QED) is 0.646. The Morgan fingerprint density at radius 3 is 2.10 bits per heavy atom. The molecule has 10 heavy (non-hydrogen) atoms. The molecule has 0 bridgehead atoms. The van der Waals surface area contributed by atoms with E-state index in [4.69, 9.17) is 10.5 Å². The van der Waals surface area contributed by atoms with Gasteiger partial charge < -0.3 is 10.5 Å². The molecule has 0 fully saturated rings. The van der Waals surface area contributed by atoms with Gasteiger partial charge in [0.25, 0.3) is 0 Å². The second-order valence-electron chi connectivity index (χ2n) is 3.45. The van der Waals surface area contributed by atoms with Crippen molar-refractivity contribution in [1.82, 2.24) is 0 Å². The summed E-state index contributed by atoms with van der Waals surface area (Å²) in [5.74, 6) is 0.581. The average molecular weight is 145 g/mol. The molecule has 0 saturated heterocycles. The predicted octanol–water partition coefficient (Wildman–Crippen LogP) is 1.25. The van der Waals surface area contributed by atoms with Crippen LogP contribution in [0.4, 0.5) is 0 Å². The van der Waals surface area contributed by atoms with Crippen LogP contribution in [0.5, 0.6) is 0 Å². The van der Waals surface area contributed by atoms with E-state index in [2.05, 4.69) is 20.8 Å². The molecule has 1 unspecified atom stereocenters. The van der Waals surface area contributed by atoms with Crippen molar-refractivity contribution in [3.63, 3.8) is 0 Å². The van der Waals surface area contributed by atoms with Gasteiger partial charge in [-0.1, -0.05) is 20.8 Å². The smallest absolute Gasteiger partial charge is 0.0530 e. The highest BCUT2D eigenvalue weighted by Crippen LogP contribution is 2.25. The third-order valence-electron chi connectivity index (χ3n) is 2.33. The summed E-state index contributed by atoms with van der Waals surface area (Å²) < 4.78 is 5.08. The molecule has 1 atom stereocenters. The molecule has 0 aromatic carbocycles. The SMILES string of the molecule is COCC(C)(CN)C(C)C. The monoisotopic (exact) mass is 145 g/mol. The van der Waals surface area contributed by atoms with Crippen LogP contribution in [0.3, 0.4) is 0 Å². The van der Waals surface area contributed by atoms with Gasteiger partial charge in [0, 0.05) is 19.1 Å². The zero-order valence-electron chi connectivity index (χ0n) is 7.48. The summed E-state index contributed by atoms with van der Waals surface area (Å²) in [5, 5.41) is 0. The topological polar surface area (TPSA) is 35.2 Å². The first-order chi connectivity index (χ1) is 4.56. The Balaban J connectivity index is 3.94. The highest BCUT2D eigenvalue weighted by Gasteiger charge is 2.26. The molecule has 0 spiro atoms. The Labute approximate surface area is 63.7 Å². The van der Waals surface area contributed by atoms with Crippen LogP contribution in [0.1, 0.15) is 20.8 Å². The predicted molar refractivity (Wildman–Crippen MR) is 43.9 cm³/mol. The van der Waals surface area contributed by atoms with Crippen molar-refractivity contribution >= 4 is 0 Å². The molecular weight excluding hydrogens is 126 g/mol. The van der Waals surface area contributed by atoms with Crippen molar-refractivity contribution in [2.45, 2.75) is 20.8 Å². The van der Waals surface area contributed by atoms with Gasteiger partial charge in [-0.25, -0.2) is 0 Å². The van der Waals surface area contributed by atoms with Crippen LogP contribution in [0.25, 0.3) is 0 Å². The van der Waals surface area contributed by atoms with Crippen LogP contribution in [0, 0.1) is 11.3 Å². The summed E-state index contributed by atoms with van der Waals surface area (Å²) in [6.07, 6.45) is 0. The lowest BCUT2D eigenvalue weighted by molar-refractivity contribution is 0.0639. The fourth-order valence-corrected chi connectivity index (χ4v) is 0.791. The summed E-state index contributed by atoms with van der Waals surface area (Å²) in [4.78, 5) is 0. The lowest BCUT2D eigenvalue weighted by Crippen LogP contribution is -2.36. The molecule has 0 radical (unpaired) electrons. The number of ether oxygens (including phenoxy) is 1. The van der Waals surface area contributed by atoms with E-state index in [9.17, 15) is 0 Å². The fraction of sp³-hybridized carbons (Fsp3) is 1.00. The van der Waals surface area contributed by atoms with Gasteiger partial charge in [0.05, 0.1) is 6.61 Å². The minimum Gasteiger partial charge on any atom is -0.384 e. The van der Waals surface area contributed by atoms with Crippen molar-refractivity contribution in [1.29, 1.82) is 0 Å². The normalized spacial score (nSPS) is 17.4. The van der Waals surface area contributed by atoms with Gasteiger partial charge in [-0.3, -0.25) is 0 Å². The van der Waals surface area contributed by atoms with Crippen LogP contribution < -0.4 is 5.73 Å². The summed E-state index contributed by atoms with van der Waals surface area (Å²) in [5.41, 5.74) is 5.76. The van der Waals surface area contributed by atoms with Gasteiger partial charge in [-0.15, -0.1) is 0 Å². The molecule has 0 heterocycles. The zero-order valence-corrected chi connectivity index (χ0v) is 7.48. The van der Waals surface area contributed by atoms with Gasteiger partial charge in [0.2, 0.25) is 0 Å². The van der Waals surface area contributed by atoms with Gasteiger partial charge >= 0.3 is 0 Å². The Bertz CT molecular complexity index is 93.3. The highest BCUT2D eigenvalue weighted by atomic mass is 16.5. The van der Waals surface area contributed by atoms with Crippen molar-refractivity contribution in [2.24, 2.45) is 17.1 Å². The molecule has 0 aliphatic rings. The summed E-state index contributed by atoms with van der Waals surface area (Å²) in [7, 11) is 1.72. The first-order valence-electron chi connectivity index (χ1n) is 3.76. The van der Waals surface area contributed by atoms with E-state index in [1.165, 1.54) is 0 Å². The van der Waals surface area contributed by atoms with Crippen molar-refractivity contribution in [3.05, 3.63) is 0 Å². The molecule has 2 heteroatoms. The van der Waals surface area contributed by atoms with E-state index in [-0.39, 0.29) is 5.41 Å². The average Bonchev–Trinajstić information content (AvgIpc) is 1.88. The summed E-state index contributed by atoms with van der Waals surface area (Å²) in [6, 6.07) is 0. The van der Waals surface area contributed by atoms with Gasteiger partial charge in [-0.2, -0.15) is 0 Å². The van der Waals surface area contributed by atoms with E-state index in [1.54, 1.807) is 7.11 Å². The molecule has 62 valence electrons. The second-order valence-corrected chi connectivity index (χ2v) is 3.45. The lowest BCUT2D eigenvalue weighted by Gasteiger charge is -2.31. The molecule has 2 N–H and O–H groups in total. The van der Waals surface area contributed by atoms with Gasteiger partial charge in [0.15, 0.2) is 0 Å². The molecule has 0 saturated carbocycles. The third kappa shape index (κ3) is 2.27. The number of rotatable bonds is 4. The lowest BCUT2D eigenvalue weighted by atomic mass is 9.80. The number of hydrogen-bond acceptors (Lipinski definition) is 2. The molecule has 2 nitrogen and oxygen atoms in total. The Morgan fingerprint density at radius 2 is 2.00 bits per heavy atom. The highest BCUT2D eigenvalue weighted by molar-refractivity contribution is 4.77. The molecule has 0 aromatic heterocycles. The van der Waals surface area contributed by atoms with E-state index in [0.29, 0.717) is 12.5 Å². The Hall–Kier alpha value is -0.0800. The van der Waals surface area contributed by atoms with Crippen LogP contribution in [0.2, 0.25) is 0 Å². The fourth-order valence-electron chi connectivity index (χ4n) is 0.791. The van der Waals surface area contributed by atoms with Crippen LogP contribution in [-0.2, 0) is 4.74 Å². The van der Waals surface area contributed by atoms with E-state index in [0.717, 1.165) is 6.61 Å². The number of methoxy groups -OCH3 is 1. The maximum atomic E-state index is 5.61. The Morgan fingerprint density at radius 1 is 1.50 bits per heavy atom. The zero-order chi connectivity index (χ0) is 8.20. The van der Waals surface area contributed by atoms with E-state index in [1.807, 2.05) is 0 Å². The minimum absolute atomic E-state index is 0.148. The van der Waals surface area contributed by atoms with Crippen molar-refractivity contribution in [2.75, 3.05) is 20.3 Å². The second kappa shape index (κ2) is 3.94. The maximum Gasteiger partial charge on any atom is 0.0530 e. The largest absolute Gasteiger partial charge is 0.384 e. The maximum absolute atomic E-state index is 5.61. The van der Waals surface area contributed by atoms with Crippen molar-refractivity contribution in [3.8, 4) is 0 Å². The molecule has 0 aliphatic heterocycles. The standard InChI is InChI=1S/C8H19NO/c1-7(2)8(3,5-9)6-10-4/h7H,5-6,9H2,1-4H3. The number of hydrogen-bond donors (Lipinski definition) is 1. The van der Waals surface area contributed by atoms with Gasteiger partial charge in [-0.05, 0) is 5.92 Å². The van der Waals surface area contributed by atoms with E-state index >= 15 is 0 Å². The first kappa shape index (κ1) is 9.92. The Kier molecular flexibility index (Phi) is 3.91. The molecular formula is C8H19NO. The first-order valence-corrected chi connectivity index (χ1v) is 3.76. The van der Waals surface area contributed by atoms with Crippen LogP contribution in [-0.4, -0.2) is 20.3 Å². The summed E-state index contributed by atoms with van der Waals surface area (Å²) >= 11 is 0. The van der Waals surface area contributed by atoms with E-state index < -0.39 is 0 Å². The minimum atomic E-state index is 0.148. The molecule has 0 aliphatic carbocycles. The van der Waals surface area contributed by atoms with Crippen molar-refractivity contribution < 1.29 is 4.74 Å². The summed E-state index contributed by atoms with van der Waals surface area (Å²) in [6.45, 7) is 7.94. The van der Waals surface area contributed by atoms with Crippen LogP contribution >= 0.6 is 0 Å². The molecule has 0 aromatic rings.